The van der Waals surface area contributed by atoms with Gasteiger partial charge in [0.25, 0.3) is 0 Å². The Balaban J connectivity index is 1.50. The molecule has 224 valence electrons. The molecule has 0 unspecified atom stereocenters. The Hall–Kier alpha value is -6.46. The minimum Gasteiger partial charge on any atom is -0.309 e. The number of hydrogen-bond acceptors (Lipinski definition) is 1. The number of nitrogens with zero attached hydrogens (tertiary/aromatic N) is 3. The Labute approximate surface area is 281 Å². The molecule has 48 heavy (non-hydrogen) atoms. The summed E-state index contributed by atoms with van der Waals surface area (Å²) in [5.74, 6) is 0. The van der Waals surface area contributed by atoms with E-state index in [4.69, 9.17) is 6.57 Å². The fraction of sp³-hybridized carbons (Fsp3) is 0. The Bertz CT molecular complexity index is 2370. The maximum atomic E-state index is 10.7. The lowest BCUT2D eigenvalue weighted by Crippen LogP contribution is -2.74. The van der Waals surface area contributed by atoms with E-state index in [1.807, 2.05) is 30.3 Å². The minimum atomic E-state index is -3.07. The van der Waals surface area contributed by atoms with Crippen LogP contribution in [0.1, 0.15) is 5.56 Å². The minimum absolute atomic E-state index is 0.482. The van der Waals surface area contributed by atoms with Gasteiger partial charge >= 0.3 is 0 Å². The van der Waals surface area contributed by atoms with Crippen molar-refractivity contribution in [3.05, 3.63) is 193 Å². The molecule has 0 amide bonds. The van der Waals surface area contributed by atoms with Crippen LogP contribution >= 0.6 is 0 Å². The van der Waals surface area contributed by atoms with Gasteiger partial charge in [0.15, 0.2) is 13.8 Å². The van der Waals surface area contributed by atoms with Crippen LogP contribution in [-0.4, -0.2) is 12.6 Å². The maximum absolute atomic E-state index is 10.7. The van der Waals surface area contributed by atoms with Gasteiger partial charge in [0.05, 0.1) is 29.4 Å². The highest BCUT2D eigenvalue weighted by atomic mass is 28.3. The van der Waals surface area contributed by atoms with Gasteiger partial charge in [0, 0.05) is 21.9 Å². The summed E-state index contributed by atoms with van der Waals surface area (Å²) in [6, 6.07) is 63.6. The van der Waals surface area contributed by atoms with Crippen LogP contribution in [0.15, 0.2) is 176 Å². The van der Waals surface area contributed by atoms with E-state index in [0.29, 0.717) is 11.3 Å². The van der Waals surface area contributed by atoms with Crippen molar-refractivity contribution in [3.63, 3.8) is 0 Å². The van der Waals surface area contributed by atoms with E-state index in [2.05, 4.69) is 161 Å². The number of fused-ring (bicyclic) bond motifs is 3. The lowest BCUT2D eigenvalue weighted by molar-refractivity contribution is 1.18. The van der Waals surface area contributed by atoms with E-state index in [0.717, 1.165) is 33.0 Å². The van der Waals surface area contributed by atoms with E-state index < -0.39 is 8.07 Å². The highest BCUT2D eigenvalue weighted by Gasteiger charge is 2.43. The fourth-order valence-electron chi connectivity index (χ4n) is 7.41. The lowest BCUT2D eigenvalue weighted by atomic mass is 9.97. The normalized spacial score (nSPS) is 11.3. The van der Waals surface area contributed by atoms with E-state index in [9.17, 15) is 5.26 Å². The van der Waals surface area contributed by atoms with Crippen molar-refractivity contribution in [2.45, 2.75) is 0 Å². The highest BCUT2D eigenvalue weighted by molar-refractivity contribution is 7.20. The first-order valence-electron chi connectivity index (χ1n) is 16.0. The summed E-state index contributed by atoms with van der Waals surface area (Å²) in [5, 5.41) is 17.5. The molecule has 0 N–H and O–H groups in total. The molecule has 0 atom stereocenters. The van der Waals surface area contributed by atoms with Crippen molar-refractivity contribution in [1.29, 1.82) is 5.26 Å². The second kappa shape index (κ2) is 12.0. The first-order valence-corrected chi connectivity index (χ1v) is 18.0. The van der Waals surface area contributed by atoms with Gasteiger partial charge in [-0.25, -0.2) is 4.85 Å². The van der Waals surface area contributed by atoms with Gasteiger partial charge in [-0.2, -0.15) is 5.26 Å². The van der Waals surface area contributed by atoms with Crippen molar-refractivity contribution in [2.24, 2.45) is 0 Å². The van der Waals surface area contributed by atoms with Crippen LogP contribution in [0.3, 0.4) is 0 Å². The molecule has 0 saturated heterocycles. The van der Waals surface area contributed by atoms with E-state index in [1.54, 1.807) is 0 Å². The van der Waals surface area contributed by atoms with Crippen molar-refractivity contribution < 1.29 is 0 Å². The lowest BCUT2D eigenvalue weighted by Gasteiger charge is -2.36. The molecule has 0 fully saturated rings. The standard InChI is InChI=1S/C44H29N3Si/c1-46-40-29-32(31-45)39(38-25-13-16-28-43(38)47-41-26-14-11-23-36(41)37-24-12-15-27-42(37)47)30-44(40)48(33-17-5-2-6-18-33,34-19-7-3-8-20-34)35-21-9-4-10-22-35/h2-30H. The fourth-order valence-corrected chi connectivity index (χ4v) is 12.3. The van der Waals surface area contributed by atoms with Gasteiger partial charge in [-0.3, -0.25) is 0 Å². The summed E-state index contributed by atoms with van der Waals surface area (Å²) in [5.41, 5.74) is 5.93. The van der Waals surface area contributed by atoms with E-state index >= 15 is 0 Å². The maximum Gasteiger partial charge on any atom is 0.189 e. The molecular weight excluding hydrogens is 599 g/mol. The average molecular weight is 628 g/mol. The summed E-state index contributed by atoms with van der Waals surface area (Å²) in [4.78, 5) is 4.14. The molecule has 8 rings (SSSR count). The molecule has 0 aliphatic rings. The number of benzene rings is 7. The smallest absolute Gasteiger partial charge is 0.189 e. The summed E-state index contributed by atoms with van der Waals surface area (Å²) >= 11 is 0. The average Bonchev–Trinajstić information content (AvgIpc) is 3.50. The zero-order chi connectivity index (χ0) is 32.5. The van der Waals surface area contributed by atoms with Gasteiger partial charge in [-0.1, -0.05) is 152 Å². The Kier molecular flexibility index (Phi) is 7.27. The number of aromatic nitrogens is 1. The highest BCUT2D eigenvalue weighted by Crippen LogP contribution is 2.37. The van der Waals surface area contributed by atoms with Gasteiger partial charge in [0.2, 0.25) is 0 Å². The quantitative estimate of drug-likeness (QED) is 0.104. The van der Waals surface area contributed by atoms with Crippen molar-refractivity contribution >= 4 is 56.3 Å². The molecule has 7 aromatic carbocycles. The largest absolute Gasteiger partial charge is 0.309 e. The second-order valence-corrected chi connectivity index (χ2v) is 15.6. The van der Waals surface area contributed by atoms with E-state index in [1.165, 1.54) is 26.3 Å². The van der Waals surface area contributed by atoms with Crippen molar-refractivity contribution in [1.82, 2.24) is 4.57 Å². The SMILES string of the molecule is [C-]#[N+]c1cc(C#N)c(-c2ccccc2-n2c3ccccc3c3ccccc32)cc1[Si](c1ccccc1)(c1ccccc1)c1ccccc1. The summed E-state index contributed by atoms with van der Waals surface area (Å²) in [6.07, 6.45) is 0. The summed E-state index contributed by atoms with van der Waals surface area (Å²) < 4.78 is 2.31. The first kappa shape index (κ1) is 29.0. The van der Waals surface area contributed by atoms with Crippen LogP contribution in [0.2, 0.25) is 0 Å². The second-order valence-electron chi connectivity index (χ2n) is 11.9. The Morgan fingerprint density at radius 1 is 0.521 bits per heavy atom. The molecule has 0 radical (unpaired) electrons. The molecule has 0 bridgehead atoms. The summed E-state index contributed by atoms with van der Waals surface area (Å²) in [7, 11) is -3.07. The van der Waals surface area contributed by atoms with Crippen LogP contribution in [0.5, 0.6) is 0 Å². The molecule has 3 nitrogen and oxygen atoms in total. The molecule has 1 heterocycles. The number of rotatable bonds is 6. The number of para-hydroxylation sites is 3. The Morgan fingerprint density at radius 2 is 0.979 bits per heavy atom. The molecule has 0 saturated carbocycles. The predicted molar refractivity (Wildman–Crippen MR) is 201 cm³/mol. The van der Waals surface area contributed by atoms with Crippen LogP contribution in [0.25, 0.3) is 43.5 Å². The first-order chi connectivity index (χ1) is 23.8. The van der Waals surface area contributed by atoms with Crippen LogP contribution in [0.4, 0.5) is 5.69 Å². The van der Waals surface area contributed by atoms with Crippen molar-refractivity contribution in [2.75, 3.05) is 0 Å². The van der Waals surface area contributed by atoms with Crippen LogP contribution in [0, 0.1) is 17.9 Å². The topological polar surface area (TPSA) is 33.1 Å². The third-order valence-corrected chi connectivity index (χ3v) is 14.2. The van der Waals surface area contributed by atoms with Gasteiger partial charge in [-0.05, 0) is 50.6 Å². The van der Waals surface area contributed by atoms with Gasteiger partial charge in [0.1, 0.15) is 0 Å². The zero-order valence-corrected chi connectivity index (χ0v) is 27.1. The zero-order valence-electron chi connectivity index (χ0n) is 26.1. The number of nitriles is 1. The monoisotopic (exact) mass is 627 g/mol. The van der Waals surface area contributed by atoms with Crippen LogP contribution < -0.4 is 20.7 Å². The van der Waals surface area contributed by atoms with E-state index in [-0.39, 0.29) is 0 Å². The third-order valence-electron chi connectivity index (χ3n) is 9.42. The molecule has 8 aromatic rings. The number of hydrogen-bond donors (Lipinski definition) is 0. The molecule has 0 spiro atoms. The van der Waals surface area contributed by atoms with Crippen LogP contribution in [-0.2, 0) is 0 Å². The summed E-state index contributed by atoms with van der Waals surface area (Å²) in [6.45, 7) is 8.47. The predicted octanol–water partition coefficient (Wildman–Crippen LogP) is 8.25. The third kappa shape index (κ3) is 4.48. The van der Waals surface area contributed by atoms with Crippen molar-refractivity contribution in [3.8, 4) is 22.9 Å². The van der Waals surface area contributed by atoms with Gasteiger partial charge in [-0.15, -0.1) is 0 Å². The molecule has 1 aromatic heterocycles. The van der Waals surface area contributed by atoms with Gasteiger partial charge < -0.3 is 4.57 Å². The molecule has 4 heteroatoms. The Morgan fingerprint density at radius 3 is 1.48 bits per heavy atom. The molecule has 0 aliphatic heterocycles. The molecular formula is C44H29N3Si. The molecule has 0 aliphatic carbocycles.